The first-order chi connectivity index (χ1) is 22.0. The molecule has 0 saturated carbocycles. The predicted molar refractivity (Wildman–Crippen MR) is 171 cm³/mol. The Bertz CT molecular complexity index is 1170. The molecule has 0 bridgehead atoms. The molecule has 0 amide bonds. The van der Waals surface area contributed by atoms with E-state index < -0.39 is 24.5 Å². The number of rotatable bonds is 18. The molecule has 0 radical (unpaired) electrons. The zero-order chi connectivity index (χ0) is 31.6. The van der Waals surface area contributed by atoms with Crippen LogP contribution in [0.1, 0.15) is 37.8 Å². The lowest BCUT2D eigenvalue weighted by atomic mass is 9.85. The fourth-order valence-corrected chi connectivity index (χ4v) is 7.00. The van der Waals surface area contributed by atoms with Gasteiger partial charge in [0.25, 0.3) is 0 Å². The van der Waals surface area contributed by atoms with Crippen LogP contribution in [0.5, 0.6) is 0 Å². The summed E-state index contributed by atoms with van der Waals surface area (Å²) in [4.78, 5) is 24.3. The van der Waals surface area contributed by atoms with Crippen molar-refractivity contribution in [1.29, 1.82) is 0 Å². The van der Waals surface area contributed by atoms with Crippen molar-refractivity contribution in [3.05, 3.63) is 71.8 Å². The van der Waals surface area contributed by atoms with Gasteiger partial charge in [-0.05, 0) is 48.6 Å². The van der Waals surface area contributed by atoms with Gasteiger partial charge < -0.3 is 33.3 Å². The van der Waals surface area contributed by atoms with E-state index in [1.165, 1.54) is 0 Å². The van der Waals surface area contributed by atoms with Gasteiger partial charge in [0.15, 0.2) is 0 Å². The van der Waals surface area contributed by atoms with E-state index in [1.54, 1.807) is 7.11 Å². The topological polar surface area (TPSA) is 104 Å². The van der Waals surface area contributed by atoms with Gasteiger partial charge in [-0.3, -0.25) is 10.6 Å². The van der Waals surface area contributed by atoms with Crippen LogP contribution >= 0.6 is 0 Å². The lowest BCUT2D eigenvalue weighted by Crippen LogP contribution is -2.57. The van der Waals surface area contributed by atoms with Crippen LogP contribution in [0.15, 0.2) is 60.7 Å². The van der Waals surface area contributed by atoms with E-state index in [0.717, 1.165) is 49.8 Å². The van der Waals surface area contributed by atoms with E-state index in [9.17, 15) is 9.59 Å². The van der Waals surface area contributed by atoms with E-state index >= 15 is 0 Å². The number of nitrogens with one attached hydrogen (secondary N) is 2. The van der Waals surface area contributed by atoms with Crippen LogP contribution in [-0.4, -0.2) is 89.0 Å². The molecule has 3 heterocycles. The number of benzene rings is 2. The number of hydrogen-bond donors (Lipinski definition) is 2. The molecule has 2 aromatic carbocycles. The van der Waals surface area contributed by atoms with Gasteiger partial charge in [-0.25, -0.2) is 0 Å². The highest BCUT2D eigenvalue weighted by Gasteiger charge is 2.46. The standard InChI is InChI=1S/C36H50N2O7/c1-24-20-43-34-29(22-44-33(24)34)15-14-28-21-42-32(25(28)2)23-45-36(38-31(19-40)17-27-12-8-5-9-13-27)35(41-3)37-30(18-39)16-26-10-6-4-7-11-26/h4-13,18-19,24-25,28-38H,14-17,20-23H2,1-3H3/t24-,25-,28+,29+,30-,31-,32?,33?,34?,35?,36?/m0/s1. The van der Waals surface area contributed by atoms with Crippen LogP contribution in [0.2, 0.25) is 0 Å². The van der Waals surface area contributed by atoms with Crippen LogP contribution in [0.4, 0.5) is 0 Å². The lowest BCUT2D eigenvalue weighted by Gasteiger charge is -2.33. The first kappa shape index (κ1) is 33.9. The summed E-state index contributed by atoms with van der Waals surface area (Å²) in [6.07, 6.45) is 3.86. The number of methoxy groups -OCH3 is 1. The molecule has 45 heavy (non-hydrogen) atoms. The third-order valence-electron chi connectivity index (χ3n) is 9.82. The van der Waals surface area contributed by atoms with Crippen molar-refractivity contribution < 1.29 is 33.3 Å². The van der Waals surface area contributed by atoms with Gasteiger partial charge in [0.05, 0.1) is 56.8 Å². The fraction of sp³-hybridized carbons (Fsp3) is 0.611. The van der Waals surface area contributed by atoms with Crippen molar-refractivity contribution in [1.82, 2.24) is 10.6 Å². The Morgan fingerprint density at radius 1 is 0.756 bits per heavy atom. The van der Waals surface area contributed by atoms with E-state index in [1.807, 2.05) is 60.7 Å². The van der Waals surface area contributed by atoms with E-state index in [4.69, 9.17) is 23.7 Å². The summed E-state index contributed by atoms with van der Waals surface area (Å²) in [6.45, 7) is 7.02. The molecule has 3 saturated heterocycles. The van der Waals surface area contributed by atoms with Crippen molar-refractivity contribution >= 4 is 12.6 Å². The summed E-state index contributed by atoms with van der Waals surface area (Å²) < 4.78 is 30.7. The van der Waals surface area contributed by atoms with Crippen LogP contribution in [0.3, 0.4) is 0 Å². The number of carbonyl (C=O) groups excluding carboxylic acids is 2. The molecule has 0 aromatic heterocycles. The molecule has 246 valence electrons. The Balaban J connectivity index is 1.20. The minimum atomic E-state index is -0.712. The SMILES string of the molecule is COC(N[C@H](C=O)Cc1ccccc1)C(N[C@H](C=O)Cc1ccccc1)OCC1OC[C@@H](CC[C@@H]2COC3C2OC[C@@H]3C)[C@@H]1C. The summed E-state index contributed by atoms with van der Waals surface area (Å²) in [5.74, 6) is 1.63. The van der Waals surface area contributed by atoms with Crippen molar-refractivity contribution in [2.45, 2.75) is 82.4 Å². The molecule has 2 N–H and O–H groups in total. The number of carbonyl (C=O) groups is 2. The van der Waals surface area contributed by atoms with Crippen LogP contribution < -0.4 is 10.6 Å². The summed E-state index contributed by atoms with van der Waals surface area (Å²) in [5.41, 5.74) is 2.06. The van der Waals surface area contributed by atoms with Gasteiger partial charge in [-0.2, -0.15) is 0 Å². The van der Waals surface area contributed by atoms with Gasteiger partial charge >= 0.3 is 0 Å². The molecule has 9 heteroatoms. The molecule has 9 nitrogen and oxygen atoms in total. The average Bonchev–Trinajstić information content (AvgIpc) is 3.76. The molecule has 0 spiro atoms. The second-order valence-corrected chi connectivity index (χ2v) is 13.0. The molecule has 11 atom stereocenters. The van der Waals surface area contributed by atoms with Gasteiger partial charge in [0.2, 0.25) is 0 Å². The maximum atomic E-state index is 12.2. The largest absolute Gasteiger partial charge is 0.375 e. The van der Waals surface area contributed by atoms with Gasteiger partial charge in [-0.1, -0.05) is 74.5 Å². The molecule has 3 aliphatic rings. The van der Waals surface area contributed by atoms with Gasteiger partial charge in [0, 0.05) is 18.9 Å². The van der Waals surface area contributed by atoms with E-state index in [0.29, 0.717) is 49.7 Å². The molecule has 3 fully saturated rings. The minimum absolute atomic E-state index is 0.0953. The van der Waals surface area contributed by atoms with Crippen LogP contribution in [-0.2, 0) is 46.1 Å². The smallest absolute Gasteiger partial charge is 0.148 e. The molecular weight excluding hydrogens is 572 g/mol. The Hall–Kier alpha value is -2.50. The average molecular weight is 623 g/mol. The third kappa shape index (κ3) is 9.07. The quantitative estimate of drug-likeness (QED) is 0.191. The Morgan fingerprint density at radius 3 is 1.91 bits per heavy atom. The Labute approximate surface area is 267 Å². The summed E-state index contributed by atoms with van der Waals surface area (Å²) in [5, 5.41) is 6.66. The zero-order valence-corrected chi connectivity index (χ0v) is 26.8. The number of hydrogen-bond acceptors (Lipinski definition) is 9. The maximum Gasteiger partial charge on any atom is 0.148 e. The summed E-state index contributed by atoms with van der Waals surface area (Å²) >= 11 is 0. The maximum absolute atomic E-state index is 12.2. The van der Waals surface area contributed by atoms with E-state index in [-0.39, 0.29) is 18.3 Å². The third-order valence-corrected chi connectivity index (χ3v) is 9.82. The highest BCUT2D eigenvalue weighted by atomic mass is 16.6. The Morgan fingerprint density at radius 2 is 1.31 bits per heavy atom. The van der Waals surface area contributed by atoms with Crippen molar-refractivity contribution in [3.63, 3.8) is 0 Å². The second-order valence-electron chi connectivity index (χ2n) is 13.0. The van der Waals surface area contributed by atoms with Crippen molar-refractivity contribution in [2.75, 3.05) is 33.5 Å². The fourth-order valence-electron chi connectivity index (χ4n) is 7.00. The molecule has 5 rings (SSSR count). The van der Waals surface area contributed by atoms with Crippen molar-refractivity contribution in [3.8, 4) is 0 Å². The lowest BCUT2D eigenvalue weighted by molar-refractivity contribution is -0.128. The van der Waals surface area contributed by atoms with Gasteiger partial charge in [0.1, 0.15) is 25.0 Å². The first-order valence-electron chi connectivity index (χ1n) is 16.5. The summed E-state index contributed by atoms with van der Waals surface area (Å²) in [6, 6.07) is 18.7. The zero-order valence-electron chi connectivity index (χ0n) is 26.8. The highest BCUT2D eigenvalue weighted by Crippen LogP contribution is 2.39. The van der Waals surface area contributed by atoms with Gasteiger partial charge in [-0.15, -0.1) is 0 Å². The minimum Gasteiger partial charge on any atom is -0.375 e. The van der Waals surface area contributed by atoms with Crippen LogP contribution in [0.25, 0.3) is 0 Å². The number of fused-ring (bicyclic) bond motifs is 1. The number of aldehydes is 2. The second kappa shape index (κ2) is 16.9. The molecule has 5 unspecified atom stereocenters. The molecular formula is C36H50N2O7. The molecule has 0 aliphatic carbocycles. The number of ether oxygens (including phenoxy) is 5. The van der Waals surface area contributed by atoms with Crippen molar-refractivity contribution in [2.24, 2.45) is 23.7 Å². The Kier molecular flexibility index (Phi) is 12.7. The molecule has 2 aromatic rings. The monoisotopic (exact) mass is 622 g/mol. The summed E-state index contributed by atoms with van der Waals surface area (Å²) in [7, 11) is 1.57. The normalized spacial score (nSPS) is 30.4. The first-order valence-corrected chi connectivity index (χ1v) is 16.5. The van der Waals surface area contributed by atoms with E-state index in [2.05, 4.69) is 24.5 Å². The predicted octanol–water partition coefficient (Wildman–Crippen LogP) is 3.58. The highest BCUT2D eigenvalue weighted by molar-refractivity contribution is 5.59. The van der Waals surface area contributed by atoms with Crippen LogP contribution in [0, 0.1) is 23.7 Å². The molecule has 3 aliphatic heterocycles.